The third kappa shape index (κ3) is 4.80. The lowest BCUT2D eigenvalue weighted by Gasteiger charge is -2.03. The molecule has 2 N–H and O–H groups in total. The van der Waals surface area contributed by atoms with E-state index in [4.69, 9.17) is 9.52 Å². The van der Waals surface area contributed by atoms with Crippen LogP contribution < -0.4 is 5.32 Å². The van der Waals surface area contributed by atoms with Gasteiger partial charge in [-0.15, -0.1) is 0 Å². The number of amides is 1. The molecule has 82 valence electrons. The number of aliphatic hydroxyl groups excluding tert-OH is 1. The van der Waals surface area contributed by atoms with Gasteiger partial charge < -0.3 is 14.8 Å². The first-order valence-corrected chi connectivity index (χ1v) is 5.26. The molecule has 0 fully saturated rings. The summed E-state index contributed by atoms with van der Waals surface area (Å²) in [6.45, 7) is 1.85. The Kier molecular flexibility index (Phi) is 4.58. The Labute approximate surface area is 96.1 Å². The van der Waals surface area contributed by atoms with Crippen molar-refractivity contribution in [3.8, 4) is 0 Å². The van der Waals surface area contributed by atoms with Gasteiger partial charge in [0.05, 0.1) is 6.10 Å². The Bertz CT molecular complexity index is 357. The third-order valence-corrected chi connectivity index (χ3v) is 1.99. The molecule has 1 amide bonds. The Morgan fingerprint density at radius 3 is 3.00 bits per heavy atom. The minimum absolute atomic E-state index is 0.241. The first kappa shape index (κ1) is 12.0. The molecule has 0 saturated heterocycles. The summed E-state index contributed by atoms with van der Waals surface area (Å²) in [6, 6.07) is 3.48. The maximum atomic E-state index is 11.2. The highest BCUT2D eigenvalue weighted by Crippen LogP contribution is 2.14. The zero-order valence-electron chi connectivity index (χ0n) is 8.24. The zero-order chi connectivity index (χ0) is 11.3. The predicted octanol–water partition coefficient (Wildman–Crippen LogP) is 1.55. The largest absolute Gasteiger partial charge is 0.450 e. The second-order valence-corrected chi connectivity index (χ2v) is 3.85. The standard InChI is InChI=1S/C10H12BrNO3/c1-7(13)6-12-10(14)5-3-8-2-4-9(11)15-8/h2-5,7,13H,6H2,1H3,(H,12,14)/b5-3+/t7-/m0/s1. The molecule has 1 aromatic rings. The van der Waals surface area contributed by atoms with Crippen LogP contribution in [-0.2, 0) is 4.79 Å². The molecule has 0 saturated carbocycles. The van der Waals surface area contributed by atoms with Crippen molar-refractivity contribution in [2.75, 3.05) is 6.54 Å². The van der Waals surface area contributed by atoms with Crippen molar-refractivity contribution in [2.45, 2.75) is 13.0 Å². The summed E-state index contributed by atoms with van der Waals surface area (Å²) in [5.41, 5.74) is 0. The van der Waals surface area contributed by atoms with Crippen LogP contribution in [0.1, 0.15) is 12.7 Å². The SMILES string of the molecule is C[C@H](O)CNC(=O)/C=C/c1ccc(Br)o1. The maximum absolute atomic E-state index is 11.2. The molecular formula is C10H12BrNO3. The van der Waals surface area contributed by atoms with Crippen LogP contribution in [0, 0.1) is 0 Å². The fourth-order valence-electron chi connectivity index (χ4n) is 0.883. The fraction of sp³-hybridized carbons (Fsp3) is 0.300. The zero-order valence-corrected chi connectivity index (χ0v) is 9.82. The predicted molar refractivity (Wildman–Crippen MR) is 60.1 cm³/mol. The van der Waals surface area contributed by atoms with Crippen molar-refractivity contribution in [3.05, 3.63) is 28.6 Å². The van der Waals surface area contributed by atoms with Gasteiger partial charge in [-0.3, -0.25) is 4.79 Å². The van der Waals surface area contributed by atoms with Gasteiger partial charge >= 0.3 is 0 Å². The van der Waals surface area contributed by atoms with Crippen LogP contribution in [0.5, 0.6) is 0 Å². The highest BCUT2D eigenvalue weighted by Gasteiger charge is 1.99. The van der Waals surface area contributed by atoms with E-state index < -0.39 is 6.10 Å². The molecule has 1 aromatic heterocycles. The Morgan fingerprint density at radius 2 is 2.47 bits per heavy atom. The molecule has 0 spiro atoms. The van der Waals surface area contributed by atoms with E-state index in [1.54, 1.807) is 25.1 Å². The second kappa shape index (κ2) is 5.72. The van der Waals surface area contributed by atoms with Gasteiger partial charge in [-0.05, 0) is 41.1 Å². The smallest absolute Gasteiger partial charge is 0.244 e. The van der Waals surface area contributed by atoms with Gasteiger partial charge in [0.25, 0.3) is 0 Å². The van der Waals surface area contributed by atoms with Crippen LogP contribution in [0.4, 0.5) is 0 Å². The third-order valence-electron chi connectivity index (χ3n) is 1.56. The molecule has 5 heteroatoms. The molecule has 0 unspecified atom stereocenters. The average molecular weight is 274 g/mol. The van der Waals surface area contributed by atoms with Gasteiger partial charge in [-0.1, -0.05) is 0 Å². The lowest BCUT2D eigenvalue weighted by molar-refractivity contribution is -0.116. The van der Waals surface area contributed by atoms with Gasteiger partial charge in [0.2, 0.25) is 5.91 Å². The van der Waals surface area contributed by atoms with Crippen LogP contribution in [0.2, 0.25) is 0 Å². The Morgan fingerprint density at radius 1 is 1.73 bits per heavy atom. The first-order chi connectivity index (χ1) is 7.08. The molecule has 0 aliphatic carbocycles. The highest BCUT2D eigenvalue weighted by atomic mass is 79.9. The van der Waals surface area contributed by atoms with Crippen LogP contribution in [0.25, 0.3) is 6.08 Å². The summed E-state index contributed by atoms with van der Waals surface area (Å²) < 4.78 is 5.78. The van der Waals surface area contributed by atoms with Crippen molar-refractivity contribution >= 4 is 27.9 Å². The normalized spacial score (nSPS) is 13.0. The Hall–Kier alpha value is -1.07. The van der Waals surface area contributed by atoms with Gasteiger partial charge in [-0.25, -0.2) is 0 Å². The number of halogens is 1. The highest BCUT2D eigenvalue weighted by molar-refractivity contribution is 9.10. The number of hydrogen-bond donors (Lipinski definition) is 2. The van der Waals surface area contributed by atoms with E-state index in [1.165, 1.54) is 6.08 Å². The van der Waals surface area contributed by atoms with E-state index >= 15 is 0 Å². The topological polar surface area (TPSA) is 62.5 Å². The van der Waals surface area contributed by atoms with Crippen LogP contribution in [0.3, 0.4) is 0 Å². The molecule has 0 aromatic carbocycles. The summed E-state index contributed by atoms with van der Waals surface area (Å²) in [5.74, 6) is 0.331. The summed E-state index contributed by atoms with van der Waals surface area (Å²) in [7, 11) is 0. The van der Waals surface area contributed by atoms with Crippen molar-refractivity contribution < 1.29 is 14.3 Å². The van der Waals surface area contributed by atoms with Gasteiger partial charge in [0, 0.05) is 12.6 Å². The summed E-state index contributed by atoms with van der Waals surface area (Å²) >= 11 is 3.15. The van der Waals surface area contributed by atoms with E-state index in [9.17, 15) is 4.79 Å². The molecule has 4 nitrogen and oxygen atoms in total. The maximum Gasteiger partial charge on any atom is 0.244 e. The second-order valence-electron chi connectivity index (χ2n) is 3.07. The molecule has 0 radical (unpaired) electrons. The molecule has 1 heterocycles. The number of hydrogen-bond acceptors (Lipinski definition) is 3. The number of carbonyl (C=O) groups excluding carboxylic acids is 1. The van der Waals surface area contributed by atoms with E-state index in [1.807, 2.05) is 0 Å². The van der Waals surface area contributed by atoms with Gasteiger partial charge in [-0.2, -0.15) is 0 Å². The summed E-state index contributed by atoms with van der Waals surface area (Å²) in [6.07, 6.45) is 2.37. The summed E-state index contributed by atoms with van der Waals surface area (Å²) in [4.78, 5) is 11.2. The number of carbonyl (C=O) groups is 1. The van der Waals surface area contributed by atoms with Crippen molar-refractivity contribution in [2.24, 2.45) is 0 Å². The van der Waals surface area contributed by atoms with E-state index in [0.29, 0.717) is 10.4 Å². The number of nitrogens with one attached hydrogen (secondary N) is 1. The van der Waals surface area contributed by atoms with Crippen LogP contribution in [0.15, 0.2) is 27.3 Å². The lowest BCUT2D eigenvalue weighted by Crippen LogP contribution is -2.28. The number of furan rings is 1. The minimum atomic E-state index is -0.542. The Balaban J connectivity index is 2.40. The van der Waals surface area contributed by atoms with Crippen molar-refractivity contribution in [3.63, 3.8) is 0 Å². The van der Waals surface area contributed by atoms with E-state index in [2.05, 4.69) is 21.2 Å². The molecule has 0 bridgehead atoms. The lowest BCUT2D eigenvalue weighted by atomic mass is 10.3. The van der Waals surface area contributed by atoms with Gasteiger partial charge in [0.1, 0.15) is 5.76 Å². The van der Waals surface area contributed by atoms with Crippen molar-refractivity contribution in [1.29, 1.82) is 0 Å². The first-order valence-electron chi connectivity index (χ1n) is 4.47. The van der Waals surface area contributed by atoms with Crippen LogP contribution >= 0.6 is 15.9 Å². The monoisotopic (exact) mass is 273 g/mol. The number of rotatable bonds is 4. The quantitative estimate of drug-likeness (QED) is 0.819. The molecule has 1 rings (SSSR count). The van der Waals surface area contributed by atoms with Crippen LogP contribution in [-0.4, -0.2) is 23.7 Å². The van der Waals surface area contributed by atoms with E-state index in [-0.39, 0.29) is 12.5 Å². The van der Waals surface area contributed by atoms with E-state index in [0.717, 1.165) is 0 Å². The molecule has 1 atom stereocenters. The molecular weight excluding hydrogens is 262 g/mol. The fourth-order valence-corrected chi connectivity index (χ4v) is 1.20. The summed E-state index contributed by atoms with van der Waals surface area (Å²) in [5, 5.41) is 11.5. The average Bonchev–Trinajstić information content (AvgIpc) is 2.58. The minimum Gasteiger partial charge on any atom is -0.450 e. The van der Waals surface area contributed by atoms with Crippen molar-refractivity contribution in [1.82, 2.24) is 5.32 Å². The molecule has 0 aliphatic heterocycles. The molecule has 15 heavy (non-hydrogen) atoms. The molecule has 0 aliphatic rings. The number of aliphatic hydroxyl groups is 1. The van der Waals surface area contributed by atoms with Gasteiger partial charge in [0.15, 0.2) is 4.67 Å².